The Labute approximate surface area is 137 Å². The Hall–Kier alpha value is -1.73. The maximum absolute atomic E-state index is 12.0. The number of carbonyl (C=O) groups is 1. The molecule has 1 N–H and O–H groups in total. The molecule has 0 unspecified atom stereocenters. The molecule has 21 heavy (non-hydrogen) atoms. The zero-order valence-electron chi connectivity index (χ0n) is 10.7. The molecule has 0 saturated carbocycles. The minimum atomic E-state index is -0.503. The van der Waals surface area contributed by atoms with Gasteiger partial charge in [-0.25, -0.2) is 0 Å². The van der Waals surface area contributed by atoms with Gasteiger partial charge in [0.2, 0.25) is 5.91 Å². The first-order valence-corrected chi connectivity index (χ1v) is 7.52. The van der Waals surface area contributed by atoms with Gasteiger partial charge >= 0.3 is 0 Å². The van der Waals surface area contributed by atoms with Gasteiger partial charge in [0.05, 0.1) is 17.0 Å². The molecular weight excluding hydrogens is 404 g/mol. The summed E-state index contributed by atoms with van der Waals surface area (Å²) in [5, 5.41) is 13.4. The van der Waals surface area contributed by atoms with Gasteiger partial charge in [-0.15, -0.1) is 0 Å². The first-order valence-electron chi connectivity index (χ1n) is 5.94. The highest BCUT2D eigenvalue weighted by Gasteiger charge is 2.12. The predicted octanol–water partition coefficient (Wildman–Crippen LogP) is 4.30. The lowest BCUT2D eigenvalue weighted by Gasteiger charge is -2.07. The second-order valence-corrected chi connectivity index (χ2v) is 6.04. The molecule has 0 aliphatic rings. The van der Waals surface area contributed by atoms with Gasteiger partial charge < -0.3 is 5.32 Å². The minimum Gasteiger partial charge on any atom is -0.325 e. The second kappa shape index (κ2) is 6.82. The molecule has 2 aromatic carbocycles. The van der Waals surface area contributed by atoms with E-state index in [9.17, 15) is 14.9 Å². The fraction of sp³-hybridized carbons (Fsp3) is 0.0714. The van der Waals surface area contributed by atoms with Crippen molar-refractivity contribution in [2.45, 2.75) is 6.42 Å². The molecule has 5 nitrogen and oxygen atoms in total. The highest BCUT2D eigenvalue weighted by Crippen LogP contribution is 2.27. The van der Waals surface area contributed by atoms with E-state index in [0.29, 0.717) is 10.2 Å². The summed E-state index contributed by atoms with van der Waals surface area (Å²) in [5.74, 6) is -0.237. The van der Waals surface area contributed by atoms with Crippen molar-refractivity contribution in [2.75, 3.05) is 5.32 Å². The first kappa shape index (κ1) is 15.7. The van der Waals surface area contributed by atoms with Crippen molar-refractivity contribution in [3.63, 3.8) is 0 Å². The fourth-order valence-corrected chi connectivity index (χ4v) is 2.31. The topological polar surface area (TPSA) is 72.2 Å². The molecule has 0 saturated heterocycles. The van der Waals surface area contributed by atoms with Gasteiger partial charge in [0.25, 0.3) is 5.69 Å². The Morgan fingerprint density at radius 2 is 1.81 bits per heavy atom. The molecule has 7 heteroatoms. The summed E-state index contributed by atoms with van der Waals surface area (Å²) in [6.45, 7) is 0. The number of carbonyl (C=O) groups excluding carboxylic acids is 1. The van der Waals surface area contributed by atoms with Crippen molar-refractivity contribution < 1.29 is 9.72 Å². The molecule has 0 aliphatic carbocycles. The molecule has 1 amide bonds. The van der Waals surface area contributed by atoms with Gasteiger partial charge in [-0.1, -0.05) is 28.1 Å². The number of nitrogens with one attached hydrogen (secondary N) is 1. The fourth-order valence-electron chi connectivity index (χ4n) is 1.70. The number of nitro benzene ring substituents is 1. The summed E-state index contributed by atoms with van der Waals surface area (Å²) in [7, 11) is 0. The molecule has 0 spiro atoms. The number of hydrogen-bond donors (Lipinski definition) is 1. The highest BCUT2D eigenvalue weighted by molar-refractivity contribution is 9.10. The predicted molar refractivity (Wildman–Crippen MR) is 87.3 cm³/mol. The summed E-state index contributed by atoms with van der Waals surface area (Å²) < 4.78 is 1.53. The van der Waals surface area contributed by atoms with E-state index in [1.165, 1.54) is 18.2 Å². The number of halogens is 2. The third-order valence-electron chi connectivity index (χ3n) is 2.71. The number of nitro groups is 1. The van der Waals surface area contributed by atoms with Crippen LogP contribution in [-0.4, -0.2) is 10.8 Å². The molecule has 0 aromatic heterocycles. The van der Waals surface area contributed by atoms with Crippen LogP contribution in [0, 0.1) is 10.1 Å². The smallest absolute Gasteiger partial charge is 0.271 e. The second-order valence-electron chi connectivity index (χ2n) is 4.27. The number of non-ortho nitro benzene ring substituents is 1. The average Bonchev–Trinajstić information content (AvgIpc) is 2.43. The highest BCUT2D eigenvalue weighted by atomic mass is 79.9. The Bertz CT molecular complexity index is 687. The first-order chi connectivity index (χ1) is 9.95. The van der Waals surface area contributed by atoms with Crippen LogP contribution in [0.3, 0.4) is 0 Å². The van der Waals surface area contributed by atoms with Crippen molar-refractivity contribution in [3.8, 4) is 0 Å². The van der Waals surface area contributed by atoms with Crippen molar-refractivity contribution in [1.29, 1.82) is 0 Å². The average molecular weight is 414 g/mol. The Morgan fingerprint density at radius 1 is 1.14 bits per heavy atom. The molecule has 0 aliphatic heterocycles. The van der Waals surface area contributed by atoms with Gasteiger partial charge in [-0.2, -0.15) is 0 Å². The summed E-state index contributed by atoms with van der Waals surface area (Å²) in [5.41, 5.74) is 1.17. The summed E-state index contributed by atoms with van der Waals surface area (Å²) in [6.07, 6.45) is 0.197. The SMILES string of the molecule is O=C(Cc1ccc(Br)cc1)Nc1cc([N+](=O)[O-])ccc1Br. The van der Waals surface area contributed by atoms with E-state index >= 15 is 0 Å². The number of nitrogens with zero attached hydrogens (tertiary/aromatic N) is 1. The third-order valence-corrected chi connectivity index (χ3v) is 3.93. The number of benzene rings is 2. The lowest BCUT2D eigenvalue weighted by Crippen LogP contribution is -2.14. The number of hydrogen-bond acceptors (Lipinski definition) is 3. The molecule has 0 atom stereocenters. The van der Waals surface area contributed by atoms with E-state index in [2.05, 4.69) is 37.2 Å². The third kappa shape index (κ3) is 4.37. The van der Waals surface area contributed by atoms with Gasteiger partial charge in [0.1, 0.15) is 0 Å². The molecule has 2 rings (SSSR count). The number of rotatable bonds is 4. The van der Waals surface area contributed by atoms with Crippen LogP contribution in [0.2, 0.25) is 0 Å². The van der Waals surface area contributed by atoms with Crippen molar-refractivity contribution in [2.24, 2.45) is 0 Å². The van der Waals surface area contributed by atoms with Crippen LogP contribution in [0.5, 0.6) is 0 Å². The molecule has 0 fully saturated rings. The van der Waals surface area contributed by atoms with Crippen molar-refractivity contribution in [3.05, 3.63) is 67.1 Å². The van der Waals surface area contributed by atoms with Crippen molar-refractivity contribution in [1.82, 2.24) is 0 Å². The van der Waals surface area contributed by atoms with Gasteiger partial charge in [0, 0.05) is 21.1 Å². The van der Waals surface area contributed by atoms with Gasteiger partial charge in [-0.3, -0.25) is 14.9 Å². The van der Waals surface area contributed by atoms with Crippen LogP contribution < -0.4 is 5.32 Å². The summed E-state index contributed by atoms with van der Waals surface area (Å²) >= 11 is 6.59. The van der Waals surface area contributed by atoms with Crippen LogP contribution in [0.25, 0.3) is 0 Å². The van der Waals surface area contributed by atoms with Gasteiger partial charge in [0.15, 0.2) is 0 Å². The van der Waals surface area contributed by atoms with Crippen LogP contribution in [0.15, 0.2) is 51.4 Å². The monoisotopic (exact) mass is 412 g/mol. The Morgan fingerprint density at radius 3 is 2.43 bits per heavy atom. The van der Waals surface area contributed by atoms with E-state index in [1.54, 1.807) is 0 Å². The van der Waals surface area contributed by atoms with Crippen LogP contribution in [0.1, 0.15) is 5.56 Å². The normalized spacial score (nSPS) is 10.2. The van der Waals surface area contributed by atoms with Crippen LogP contribution >= 0.6 is 31.9 Å². The standard InChI is InChI=1S/C14H10Br2N2O3/c15-10-3-1-9(2-4-10)7-14(19)17-13-8-11(18(20)21)5-6-12(13)16/h1-6,8H,7H2,(H,17,19). The minimum absolute atomic E-state index is 0.0721. The van der Waals surface area contributed by atoms with E-state index in [0.717, 1.165) is 10.0 Å². The lowest BCUT2D eigenvalue weighted by molar-refractivity contribution is -0.384. The Balaban J connectivity index is 2.10. The zero-order chi connectivity index (χ0) is 15.4. The maximum Gasteiger partial charge on any atom is 0.271 e. The number of anilines is 1. The van der Waals surface area contributed by atoms with E-state index in [4.69, 9.17) is 0 Å². The number of amides is 1. The quantitative estimate of drug-likeness (QED) is 0.599. The molecule has 0 radical (unpaired) electrons. The molecule has 108 valence electrons. The lowest BCUT2D eigenvalue weighted by atomic mass is 10.1. The van der Waals surface area contributed by atoms with E-state index in [-0.39, 0.29) is 18.0 Å². The molecule has 2 aromatic rings. The van der Waals surface area contributed by atoms with Gasteiger partial charge in [-0.05, 0) is 39.7 Å². The molecular formula is C14H10Br2N2O3. The Kier molecular flexibility index (Phi) is 5.08. The van der Waals surface area contributed by atoms with Crippen LogP contribution in [-0.2, 0) is 11.2 Å². The summed E-state index contributed by atoms with van der Waals surface area (Å²) in [4.78, 5) is 22.2. The van der Waals surface area contributed by atoms with Crippen LogP contribution in [0.4, 0.5) is 11.4 Å². The van der Waals surface area contributed by atoms with E-state index < -0.39 is 4.92 Å². The zero-order valence-corrected chi connectivity index (χ0v) is 13.8. The largest absolute Gasteiger partial charge is 0.325 e. The summed E-state index contributed by atoms with van der Waals surface area (Å²) in [6, 6.07) is 11.6. The van der Waals surface area contributed by atoms with Crippen molar-refractivity contribution >= 4 is 49.1 Å². The molecule has 0 bridgehead atoms. The maximum atomic E-state index is 12.0. The molecule has 0 heterocycles. The van der Waals surface area contributed by atoms with E-state index in [1.807, 2.05) is 24.3 Å².